The van der Waals surface area contributed by atoms with Crippen molar-refractivity contribution in [1.82, 2.24) is 25.3 Å². The first kappa shape index (κ1) is 35.8. The molecule has 2 saturated carbocycles. The van der Waals surface area contributed by atoms with E-state index in [0.29, 0.717) is 30.4 Å². The molecule has 7 rings (SSSR count). The van der Waals surface area contributed by atoms with Gasteiger partial charge in [-0.3, -0.25) is 19.2 Å². The van der Waals surface area contributed by atoms with E-state index in [1.807, 2.05) is 39.7 Å². The summed E-state index contributed by atoms with van der Waals surface area (Å²) in [6, 6.07) is 0.829. The third-order valence-corrected chi connectivity index (χ3v) is 12.1. The molecule has 0 aromatic carbocycles. The summed E-state index contributed by atoms with van der Waals surface area (Å²) in [5, 5.41) is 27.4. The van der Waals surface area contributed by atoms with Gasteiger partial charge in [0, 0.05) is 24.4 Å². The lowest BCUT2D eigenvalue weighted by atomic mass is 10.0. The molecule has 3 fully saturated rings. The summed E-state index contributed by atoms with van der Waals surface area (Å²) in [7, 11) is 0. The fraction of sp³-hybridized carbons (Fsp3) is 0.486. The monoisotopic (exact) mass is 747 g/mol. The van der Waals surface area contributed by atoms with Crippen molar-refractivity contribution in [3.05, 3.63) is 62.4 Å². The highest BCUT2D eigenvalue weighted by Crippen LogP contribution is 2.46. The number of rotatable bonds is 7. The maximum absolute atomic E-state index is 14.5. The number of nitrogens with one attached hydrogen (secondary N) is 2. The Morgan fingerprint density at radius 2 is 1.71 bits per heavy atom. The maximum atomic E-state index is 14.5. The normalized spacial score (nSPS) is 26.8. The highest BCUT2D eigenvalue weighted by atomic mass is 32.1. The van der Waals surface area contributed by atoms with Crippen molar-refractivity contribution >= 4 is 52.3 Å². The van der Waals surface area contributed by atoms with Gasteiger partial charge in [0.25, 0.3) is 11.3 Å². The van der Waals surface area contributed by atoms with Crippen LogP contribution < -0.4 is 16.2 Å². The number of carboxylic acid groups (broad SMARTS) is 1. The third kappa shape index (κ3) is 7.20. The van der Waals surface area contributed by atoms with E-state index in [4.69, 9.17) is 4.74 Å². The number of ketones is 1. The highest BCUT2D eigenvalue weighted by molar-refractivity contribution is 7.08. The van der Waals surface area contributed by atoms with Crippen LogP contribution in [0.3, 0.4) is 0 Å². The fourth-order valence-electron chi connectivity index (χ4n) is 7.85. The number of carbonyl (C=O) groups excluding carboxylic acids is 4. The van der Waals surface area contributed by atoms with Gasteiger partial charge in [0.05, 0.1) is 17.8 Å². The number of carbonyl (C=O) groups is 5. The van der Waals surface area contributed by atoms with Crippen LogP contribution in [0, 0.1) is 5.92 Å². The molecule has 2 aliphatic heterocycles. The van der Waals surface area contributed by atoms with Crippen molar-refractivity contribution < 1.29 is 33.8 Å². The lowest BCUT2D eigenvalue weighted by Crippen LogP contribution is -2.57. The molecule has 15 heteroatoms. The number of fused-ring (bicyclic) bond motifs is 2. The smallest absolute Gasteiger partial charge is 0.408 e. The quantitative estimate of drug-likeness (QED) is 0.224. The average molecular weight is 748 g/mol. The van der Waals surface area contributed by atoms with Crippen LogP contribution in [-0.4, -0.2) is 79.7 Å². The minimum Gasteiger partial charge on any atom is -0.475 e. The lowest BCUT2D eigenvalue weighted by Gasteiger charge is -2.29. The lowest BCUT2D eigenvalue weighted by molar-refractivity contribution is -0.151. The number of hydrogen-bond acceptors (Lipinski definition) is 10. The molecule has 0 radical (unpaired) electrons. The van der Waals surface area contributed by atoms with Crippen LogP contribution in [-0.2, 0) is 23.9 Å². The van der Waals surface area contributed by atoms with Crippen LogP contribution in [0.4, 0.5) is 4.79 Å². The molecule has 0 unspecified atom stereocenters. The van der Waals surface area contributed by atoms with Crippen molar-refractivity contribution in [1.29, 1.82) is 0 Å². The number of thiophene rings is 2. The summed E-state index contributed by atoms with van der Waals surface area (Å²) in [6.45, 7) is -0.0796. The number of amides is 3. The van der Waals surface area contributed by atoms with E-state index in [-0.39, 0.29) is 31.0 Å². The van der Waals surface area contributed by atoms with Crippen molar-refractivity contribution in [3.8, 4) is 22.3 Å². The summed E-state index contributed by atoms with van der Waals surface area (Å²) < 4.78 is 6.95. The molecule has 3 aromatic heterocycles. The van der Waals surface area contributed by atoms with Crippen LogP contribution in [0.1, 0.15) is 76.7 Å². The predicted octanol–water partition coefficient (Wildman–Crippen LogP) is 4.93. The van der Waals surface area contributed by atoms with Gasteiger partial charge in [-0.25, -0.2) is 14.3 Å². The van der Waals surface area contributed by atoms with E-state index < -0.39 is 59.2 Å². The van der Waals surface area contributed by atoms with E-state index in [1.165, 1.54) is 32.3 Å². The van der Waals surface area contributed by atoms with Gasteiger partial charge < -0.3 is 25.4 Å². The summed E-state index contributed by atoms with van der Waals surface area (Å²) in [4.78, 5) is 82.5. The second-order valence-electron chi connectivity index (χ2n) is 14.1. The summed E-state index contributed by atoms with van der Waals surface area (Å²) in [5.74, 6) is -4.51. The topological polar surface area (TPSA) is 177 Å². The number of allylic oxidation sites excluding steroid dienone is 1. The Balaban J connectivity index is 1.24. The van der Waals surface area contributed by atoms with Crippen molar-refractivity contribution in [2.24, 2.45) is 5.92 Å². The Bertz CT molecular complexity index is 1920. The first-order chi connectivity index (χ1) is 25.2. The Labute approximate surface area is 308 Å². The van der Waals surface area contributed by atoms with E-state index in [1.54, 1.807) is 12.3 Å². The fourth-order valence-corrected chi connectivity index (χ4v) is 9.15. The Morgan fingerprint density at radius 3 is 2.42 bits per heavy atom. The van der Waals surface area contributed by atoms with Gasteiger partial charge in [0.1, 0.15) is 23.7 Å². The molecule has 5 heterocycles. The molecule has 13 nitrogen and oxygen atoms in total. The van der Waals surface area contributed by atoms with Crippen molar-refractivity contribution in [3.63, 3.8) is 0 Å². The largest absolute Gasteiger partial charge is 0.475 e. The van der Waals surface area contributed by atoms with Crippen molar-refractivity contribution in [2.75, 3.05) is 6.54 Å². The van der Waals surface area contributed by atoms with Crippen LogP contribution >= 0.6 is 22.7 Å². The molecule has 3 N–H and O–H groups in total. The standard InChI is InChI=1S/C37H41N5O8S2/c43-31(35(47)48)37-17-24(37)8-4-2-1-3-5-11-28(39-36(49)50-26-9-6-7-10-26)33(45)41-19-25(16-29(41)32(44)40-37)42-34(46)30(23-13-15-52-21-23)27(18-38-42)22-12-14-51-20-22/h4,8,12-15,18,20-21,24-26,28-29H,1-3,5-7,9-11,16-17,19H2,(H,39,49)(H,40,44)(H,47,48)/t24-,25-,28-,29+,37-/m1/s1. The molecule has 274 valence electrons. The SMILES string of the molecule is O=C(N[C@@H]1CCCCCC=C[C@@H]2C[C@@]2(C(=O)C(=O)O)NC(=O)[C@@H]2C[C@@H](n3ncc(-c4ccsc4)c(-c4ccsc4)c3=O)CN2C1=O)OC1CCCC1. The first-order valence-electron chi connectivity index (χ1n) is 17.9. The molecule has 2 aliphatic carbocycles. The van der Waals surface area contributed by atoms with E-state index >= 15 is 0 Å². The van der Waals surface area contributed by atoms with Crippen LogP contribution in [0.5, 0.6) is 0 Å². The van der Waals surface area contributed by atoms with Gasteiger partial charge in [0.2, 0.25) is 11.8 Å². The van der Waals surface area contributed by atoms with E-state index in [9.17, 15) is 33.9 Å². The molecular weight excluding hydrogens is 707 g/mol. The summed E-state index contributed by atoms with van der Waals surface area (Å²) >= 11 is 2.95. The molecule has 4 aliphatic rings. The zero-order valence-electron chi connectivity index (χ0n) is 28.5. The number of Topliss-reactive ketones (excluding diaryl/α,β-unsaturated/α-hetero) is 1. The number of ether oxygens (including phenoxy) is 1. The van der Waals surface area contributed by atoms with Gasteiger partial charge in [-0.1, -0.05) is 25.0 Å². The minimum atomic E-state index is -1.65. The number of carboxylic acids is 1. The number of hydrogen-bond donors (Lipinski definition) is 3. The van der Waals surface area contributed by atoms with Crippen LogP contribution in [0.15, 0.2) is 56.8 Å². The molecule has 1 saturated heterocycles. The van der Waals surface area contributed by atoms with Gasteiger partial charge in [-0.05, 0) is 96.1 Å². The molecular formula is C37H41N5O8S2. The summed E-state index contributed by atoms with van der Waals surface area (Å²) in [5.41, 5.74) is 0.649. The van der Waals surface area contributed by atoms with Gasteiger partial charge >= 0.3 is 12.1 Å². The predicted molar refractivity (Wildman–Crippen MR) is 194 cm³/mol. The maximum Gasteiger partial charge on any atom is 0.408 e. The Hall–Kier alpha value is -4.63. The van der Waals surface area contributed by atoms with E-state index in [2.05, 4.69) is 15.7 Å². The molecule has 3 amide bonds. The van der Waals surface area contributed by atoms with Crippen molar-refractivity contribution in [2.45, 2.75) is 100 Å². The number of aromatic nitrogens is 2. The van der Waals surface area contributed by atoms with Gasteiger partial charge in [-0.2, -0.15) is 27.8 Å². The van der Waals surface area contributed by atoms with Crippen LogP contribution in [0.25, 0.3) is 22.3 Å². The molecule has 3 aromatic rings. The number of nitrogens with zero attached hydrogens (tertiary/aromatic N) is 3. The second kappa shape index (κ2) is 15.2. The molecule has 5 atom stereocenters. The Kier molecular flexibility index (Phi) is 10.4. The number of aliphatic carboxylic acids is 1. The zero-order chi connectivity index (χ0) is 36.4. The minimum absolute atomic E-state index is 0.0254. The van der Waals surface area contributed by atoms with E-state index in [0.717, 1.165) is 49.7 Å². The second-order valence-corrected chi connectivity index (χ2v) is 15.6. The van der Waals surface area contributed by atoms with Gasteiger partial charge in [0.15, 0.2) is 0 Å². The van der Waals surface area contributed by atoms with Gasteiger partial charge in [-0.15, -0.1) is 0 Å². The number of alkyl carbamates (subject to hydrolysis) is 1. The first-order valence-corrected chi connectivity index (χ1v) is 19.8. The summed E-state index contributed by atoms with van der Waals surface area (Å²) in [6.07, 6.45) is 11.0. The highest BCUT2D eigenvalue weighted by Gasteiger charge is 2.62. The Morgan fingerprint density at radius 1 is 0.981 bits per heavy atom. The third-order valence-electron chi connectivity index (χ3n) is 10.7. The molecule has 0 bridgehead atoms. The average Bonchev–Trinajstić information content (AvgIpc) is 3.81. The molecule has 0 spiro atoms. The molecule has 52 heavy (non-hydrogen) atoms. The van der Waals surface area contributed by atoms with Crippen LogP contribution in [0.2, 0.25) is 0 Å². The zero-order valence-corrected chi connectivity index (χ0v) is 30.2.